The first-order chi connectivity index (χ1) is 8.35. The number of carbonyl (C=O) groups excluding carboxylic acids is 2. The fourth-order valence-corrected chi connectivity index (χ4v) is 3.90. The molecule has 2 aliphatic heterocycles. The van der Waals surface area contributed by atoms with Crippen LogP contribution in [0, 0.1) is 10.8 Å². The molecular weight excluding hydrogens is 230 g/mol. The van der Waals surface area contributed by atoms with Gasteiger partial charge in [-0.05, 0) is 32.6 Å². The van der Waals surface area contributed by atoms with E-state index in [0.29, 0.717) is 6.42 Å². The second kappa shape index (κ2) is 3.28. The van der Waals surface area contributed by atoms with Gasteiger partial charge in [0, 0.05) is 18.5 Å². The number of ether oxygens (including phenoxy) is 1. The second-order valence-electron chi connectivity index (χ2n) is 6.67. The van der Waals surface area contributed by atoms with E-state index in [0.717, 1.165) is 32.4 Å². The molecule has 4 nitrogen and oxygen atoms in total. The molecule has 100 valence electrons. The van der Waals surface area contributed by atoms with Gasteiger partial charge in [0.2, 0.25) is 0 Å². The summed E-state index contributed by atoms with van der Waals surface area (Å²) in [4.78, 5) is 26.8. The van der Waals surface area contributed by atoms with Crippen molar-refractivity contribution >= 4 is 11.9 Å². The Bertz CT molecular complexity index is 425. The van der Waals surface area contributed by atoms with E-state index in [1.54, 1.807) is 0 Å². The highest BCUT2D eigenvalue weighted by atomic mass is 16.6. The number of fused-ring (bicyclic) bond motifs is 2. The quantitative estimate of drug-likeness (QED) is 0.667. The predicted octanol–water partition coefficient (Wildman–Crippen LogP) is 1.73. The van der Waals surface area contributed by atoms with Gasteiger partial charge < -0.3 is 9.64 Å². The van der Waals surface area contributed by atoms with Crippen LogP contribution in [0.15, 0.2) is 0 Å². The van der Waals surface area contributed by atoms with Gasteiger partial charge in [-0.25, -0.2) is 0 Å². The smallest absolute Gasteiger partial charge is 0.313 e. The van der Waals surface area contributed by atoms with E-state index in [4.69, 9.17) is 4.74 Å². The average molecular weight is 251 g/mol. The van der Waals surface area contributed by atoms with Crippen molar-refractivity contribution in [2.24, 2.45) is 10.8 Å². The molecule has 3 rings (SSSR count). The number of likely N-dealkylation sites (tertiary alicyclic amines) is 1. The van der Waals surface area contributed by atoms with Gasteiger partial charge >= 0.3 is 5.97 Å². The first-order valence-corrected chi connectivity index (χ1v) is 6.88. The van der Waals surface area contributed by atoms with Gasteiger partial charge in [0.1, 0.15) is 0 Å². The molecular formula is C14H21NO3. The third-order valence-corrected chi connectivity index (χ3v) is 5.82. The average Bonchev–Trinajstić information content (AvgIpc) is 2.93. The minimum atomic E-state index is -0.900. The van der Waals surface area contributed by atoms with Crippen molar-refractivity contribution in [1.82, 2.24) is 4.90 Å². The monoisotopic (exact) mass is 251 g/mol. The maximum atomic E-state index is 12.8. The maximum Gasteiger partial charge on any atom is 0.313 e. The lowest BCUT2D eigenvalue weighted by atomic mass is 9.66. The van der Waals surface area contributed by atoms with Crippen molar-refractivity contribution in [3.05, 3.63) is 0 Å². The first-order valence-electron chi connectivity index (χ1n) is 6.88. The number of hydrogen-bond donors (Lipinski definition) is 0. The molecule has 3 aliphatic rings. The fraction of sp³-hybridized carbons (Fsp3) is 0.857. The van der Waals surface area contributed by atoms with E-state index >= 15 is 0 Å². The van der Waals surface area contributed by atoms with Crippen molar-refractivity contribution in [2.75, 3.05) is 13.1 Å². The van der Waals surface area contributed by atoms with Gasteiger partial charge in [0.15, 0.2) is 5.60 Å². The molecule has 0 aromatic carbocycles. The van der Waals surface area contributed by atoms with Crippen LogP contribution in [0.2, 0.25) is 0 Å². The SMILES string of the molecule is CC1(C)[C@@]2(C)CC[C@]1(C(=O)N1CCCC1)OC2=O. The van der Waals surface area contributed by atoms with E-state index in [1.807, 2.05) is 25.7 Å². The summed E-state index contributed by atoms with van der Waals surface area (Å²) in [6.45, 7) is 7.59. The van der Waals surface area contributed by atoms with Crippen molar-refractivity contribution in [3.8, 4) is 0 Å². The van der Waals surface area contributed by atoms with Crippen molar-refractivity contribution in [2.45, 2.75) is 52.1 Å². The first kappa shape index (κ1) is 12.0. The predicted molar refractivity (Wildman–Crippen MR) is 65.8 cm³/mol. The molecule has 1 saturated carbocycles. The number of rotatable bonds is 1. The summed E-state index contributed by atoms with van der Waals surface area (Å²) in [6, 6.07) is 0. The number of nitrogens with zero attached hydrogens (tertiary/aromatic N) is 1. The van der Waals surface area contributed by atoms with Gasteiger partial charge in [-0.1, -0.05) is 13.8 Å². The number of hydrogen-bond acceptors (Lipinski definition) is 3. The molecule has 1 aliphatic carbocycles. The molecule has 2 atom stereocenters. The Labute approximate surface area is 108 Å². The molecule has 2 saturated heterocycles. The third kappa shape index (κ3) is 1.08. The van der Waals surface area contributed by atoms with Crippen LogP contribution in [0.5, 0.6) is 0 Å². The van der Waals surface area contributed by atoms with Crippen LogP contribution in [0.1, 0.15) is 46.5 Å². The molecule has 3 fully saturated rings. The molecule has 0 N–H and O–H groups in total. The number of carbonyl (C=O) groups is 2. The molecule has 0 spiro atoms. The Hall–Kier alpha value is -1.06. The van der Waals surface area contributed by atoms with Crippen LogP contribution in [-0.2, 0) is 14.3 Å². The van der Waals surface area contributed by atoms with Gasteiger partial charge in [-0.2, -0.15) is 0 Å². The summed E-state index contributed by atoms with van der Waals surface area (Å²) < 4.78 is 5.61. The van der Waals surface area contributed by atoms with Crippen molar-refractivity contribution in [1.29, 1.82) is 0 Å². The summed E-state index contributed by atoms with van der Waals surface area (Å²) in [6.07, 6.45) is 3.57. The van der Waals surface area contributed by atoms with Gasteiger partial charge in [0.05, 0.1) is 5.41 Å². The molecule has 2 bridgehead atoms. The molecule has 18 heavy (non-hydrogen) atoms. The summed E-state index contributed by atoms with van der Waals surface area (Å²) in [5.41, 5.74) is -1.80. The van der Waals surface area contributed by atoms with Crippen LogP contribution >= 0.6 is 0 Å². The fourth-order valence-electron chi connectivity index (χ4n) is 3.90. The Morgan fingerprint density at radius 2 is 1.78 bits per heavy atom. The van der Waals surface area contributed by atoms with E-state index in [1.165, 1.54) is 0 Å². The lowest BCUT2D eigenvalue weighted by molar-refractivity contribution is -0.173. The number of esters is 1. The lowest BCUT2D eigenvalue weighted by Crippen LogP contribution is -2.54. The summed E-state index contributed by atoms with van der Waals surface area (Å²) in [7, 11) is 0. The van der Waals surface area contributed by atoms with Gasteiger partial charge in [-0.15, -0.1) is 0 Å². The summed E-state index contributed by atoms with van der Waals surface area (Å²) in [5, 5.41) is 0. The Balaban J connectivity index is 2.00. The Kier molecular flexibility index (Phi) is 2.19. The molecule has 0 radical (unpaired) electrons. The minimum absolute atomic E-state index is 0.0413. The lowest BCUT2D eigenvalue weighted by Gasteiger charge is -2.37. The Morgan fingerprint density at radius 3 is 2.22 bits per heavy atom. The molecule has 1 amide bonds. The highest BCUT2D eigenvalue weighted by Crippen LogP contribution is 2.66. The van der Waals surface area contributed by atoms with Crippen molar-refractivity contribution < 1.29 is 14.3 Å². The highest BCUT2D eigenvalue weighted by Gasteiger charge is 2.76. The second-order valence-corrected chi connectivity index (χ2v) is 6.67. The molecule has 2 heterocycles. The van der Waals surface area contributed by atoms with Crippen LogP contribution in [0.4, 0.5) is 0 Å². The van der Waals surface area contributed by atoms with Gasteiger partial charge in [0.25, 0.3) is 5.91 Å². The van der Waals surface area contributed by atoms with E-state index in [2.05, 4.69) is 0 Å². The van der Waals surface area contributed by atoms with Gasteiger partial charge in [-0.3, -0.25) is 9.59 Å². The van der Waals surface area contributed by atoms with E-state index < -0.39 is 16.4 Å². The van der Waals surface area contributed by atoms with E-state index in [-0.39, 0.29) is 11.9 Å². The maximum absolute atomic E-state index is 12.8. The van der Waals surface area contributed by atoms with Crippen LogP contribution in [0.25, 0.3) is 0 Å². The topological polar surface area (TPSA) is 46.6 Å². The zero-order valence-corrected chi connectivity index (χ0v) is 11.4. The van der Waals surface area contributed by atoms with Crippen LogP contribution in [0.3, 0.4) is 0 Å². The zero-order valence-electron chi connectivity index (χ0n) is 11.4. The Morgan fingerprint density at radius 1 is 1.17 bits per heavy atom. The molecule has 0 aromatic rings. The van der Waals surface area contributed by atoms with Crippen LogP contribution < -0.4 is 0 Å². The molecule has 4 heteroatoms. The largest absolute Gasteiger partial charge is 0.448 e. The molecule has 0 unspecified atom stereocenters. The molecule has 0 aromatic heterocycles. The van der Waals surface area contributed by atoms with Crippen LogP contribution in [-0.4, -0.2) is 35.5 Å². The minimum Gasteiger partial charge on any atom is -0.448 e. The standard InChI is InChI=1S/C14H21NO3/c1-12(2)13(3)6-7-14(12,18-11(13)17)10(16)15-8-4-5-9-15/h4-9H2,1-3H3/t13-,14+/m0/s1. The summed E-state index contributed by atoms with van der Waals surface area (Å²) in [5.74, 6) is -0.147. The van der Waals surface area contributed by atoms with Crippen molar-refractivity contribution in [3.63, 3.8) is 0 Å². The highest BCUT2D eigenvalue weighted by molar-refractivity contribution is 5.96. The third-order valence-electron chi connectivity index (χ3n) is 5.82. The number of amides is 1. The summed E-state index contributed by atoms with van der Waals surface area (Å²) >= 11 is 0. The normalized spacial score (nSPS) is 41.3. The van der Waals surface area contributed by atoms with E-state index in [9.17, 15) is 9.59 Å². The zero-order chi connectivity index (χ0) is 13.2.